The number of hydrogen-bond donors (Lipinski definition) is 5. The molecule has 0 spiro atoms. The van der Waals surface area contributed by atoms with Gasteiger partial charge in [-0.1, -0.05) is 6.92 Å². The summed E-state index contributed by atoms with van der Waals surface area (Å²) in [5.74, 6) is 1.28. The molecule has 0 bridgehead atoms. The zero-order valence-corrected chi connectivity index (χ0v) is 18.8. The molecule has 3 heterocycles. The van der Waals surface area contributed by atoms with E-state index in [1.54, 1.807) is 0 Å². The second kappa shape index (κ2) is 9.55. The van der Waals surface area contributed by atoms with E-state index in [0.29, 0.717) is 30.8 Å². The van der Waals surface area contributed by atoms with Crippen LogP contribution in [0.15, 0.2) is 0 Å². The SMILES string of the molecule is CC1CCC(C2NCC(CNC(=O)C3(F)CNC3)C(N3CCC(CN)C3)N2)CC1Cl. The number of carbonyl (C=O) groups is 1. The van der Waals surface area contributed by atoms with Gasteiger partial charge in [0.05, 0.1) is 12.3 Å². The van der Waals surface area contributed by atoms with Crippen LogP contribution in [-0.4, -0.2) is 80.0 Å². The van der Waals surface area contributed by atoms with E-state index in [4.69, 9.17) is 17.3 Å². The topological polar surface area (TPSA) is 94.5 Å². The molecular formula is C21H38ClFN6O. The summed E-state index contributed by atoms with van der Waals surface area (Å²) >= 11 is 6.59. The fourth-order valence-electron chi connectivity index (χ4n) is 5.45. The van der Waals surface area contributed by atoms with Gasteiger partial charge in [0.1, 0.15) is 0 Å². The highest BCUT2D eigenvalue weighted by Gasteiger charge is 2.46. The third kappa shape index (κ3) is 4.79. The van der Waals surface area contributed by atoms with Crippen molar-refractivity contribution in [3.8, 4) is 0 Å². The summed E-state index contributed by atoms with van der Waals surface area (Å²) in [6, 6.07) is 0. The van der Waals surface area contributed by atoms with Crippen molar-refractivity contribution < 1.29 is 9.18 Å². The van der Waals surface area contributed by atoms with Crippen molar-refractivity contribution in [1.29, 1.82) is 0 Å². The van der Waals surface area contributed by atoms with E-state index in [0.717, 1.165) is 38.9 Å². The molecule has 3 saturated heterocycles. The highest BCUT2D eigenvalue weighted by atomic mass is 35.5. The van der Waals surface area contributed by atoms with Gasteiger partial charge >= 0.3 is 0 Å². The molecule has 0 radical (unpaired) electrons. The molecule has 4 aliphatic rings. The lowest BCUT2D eigenvalue weighted by Crippen LogP contribution is -2.69. The van der Waals surface area contributed by atoms with Crippen LogP contribution in [0.4, 0.5) is 4.39 Å². The van der Waals surface area contributed by atoms with Crippen LogP contribution in [0.25, 0.3) is 0 Å². The molecule has 0 aromatic rings. The third-order valence-electron chi connectivity index (χ3n) is 7.79. The minimum atomic E-state index is -1.75. The Morgan fingerprint density at radius 1 is 1.33 bits per heavy atom. The molecule has 3 aliphatic heterocycles. The molecule has 1 aliphatic carbocycles. The van der Waals surface area contributed by atoms with Crippen LogP contribution >= 0.6 is 11.6 Å². The van der Waals surface area contributed by atoms with Gasteiger partial charge in [0.15, 0.2) is 0 Å². The van der Waals surface area contributed by atoms with Crippen molar-refractivity contribution in [3.05, 3.63) is 0 Å². The lowest BCUT2D eigenvalue weighted by Gasteiger charge is -2.47. The van der Waals surface area contributed by atoms with Crippen molar-refractivity contribution >= 4 is 17.5 Å². The highest BCUT2D eigenvalue weighted by Crippen LogP contribution is 2.35. The van der Waals surface area contributed by atoms with Crippen LogP contribution in [0.2, 0.25) is 0 Å². The van der Waals surface area contributed by atoms with Crippen LogP contribution in [0.5, 0.6) is 0 Å². The summed E-state index contributed by atoms with van der Waals surface area (Å²) < 4.78 is 14.4. The Balaban J connectivity index is 1.39. The molecule has 7 unspecified atom stereocenters. The van der Waals surface area contributed by atoms with Gasteiger partial charge in [0, 0.05) is 50.6 Å². The largest absolute Gasteiger partial charge is 0.353 e. The Morgan fingerprint density at radius 3 is 2.77 bits per heavy atom. The van der Waals surface area contributed by atoms with Crippen LogP contribution in [-0.2, 0) is 4.79 Å². The van der Waals surface area contributed by atoms with Gasteiger partial charge in [-0.3, -0.25) is 15.0 Å². The Hall–Kier alpha value is -0.510. The van der Waals surface area contributed by atoms with Crippen molar-refractivity contribution in [1.82, 2.24) is 26.2 Å². The van der Waals surface area contributed by atoms with E-state index in [1.807, 2.05) is 0 Å². The van der Waals surface area contributed by atoms with Crippen LogP contribution in [0.1, 0.15) is 32.6 Å². The quantitative estimate of drug-likeness (QED) is 0.376. The number of nitrogens with two attached hydrogens (primary N) is 1. The monoisotopic (exact) mass is 444 g/mol. The predicted molar refractivity (Wildman–Crippen MR) is 117 cm³/mol. The highest BCUT2D eigenvalue weighted by molar-refractivity contribution is 6.20. The summed E-state index contributed by atoms with van der Waals surface area (Å²) in [7, 11) is 0. The maximum atomic E-state index is 14.4. The van der Waals surface area contributed by atoms with Crippen LogP contribution < -0.4 is 27.0 Å². The first-order chi connectivity index (χ1) is 14.4. The number of hydrogen-bond acceptors (Lipinski definition) is 6. The Morgan fingerprint density at radius 2 is 2.13 bits per heavy atom. The van der Waals surface area contributed by atoms with Gasteiger partial charge in [0.25, 0.3) is 5.91 Å². The smallest absolute Gasteiger partial charge is 0.260 e. The molecule has 1 amide bonds. The van der Waals surface area contributed by atoms with Crippen molar-refractivity contribution in [3.63, 3.8) is 0 Å². The van der Waals surface area contributed by atoms with Crippen molar-refractivity contribution in [2.75, 3.05) is 45.8 Å². The van der Waals surface area contributed by atoms with Crippen molar-refractivity contribution in [2.45, 2.75) is 56.0 Å². The molecule has 4 rings (SSSR count). The Labute approximate surface area is 184 Å². The summed E-state index contributed by atoms with van der Waals surface area (Å²) in [5.41, 5.74) is 4.17. The van der Waals surface area contributed by atoms with E-state index >= 15 is 0 Å². The second-order valence-corrected chi connectivity index (χ2v) is 10.5. The first kappa shape index (κ1) is 22.7. The second-order valence-electron chi connectivity index (χ2n) is 9.99. The summed E-state index contributed by atoms with van der Waals surface area (Å²) in [5, 5.41) is 13.5. The van der Waals surface area contributed by atoms with E-state index < -0.39 is 11.6 Å². The van der Waals surface area contributed by atoms with Gasteiger partial charge in [-0.05, 0) is 50.0 Å². The maximum absolute atomic E-state index is 14.4. The van der Waals surface area contributed by atoms with Gasteiger partial charge in [-0.25, -0.2) is 4.39 Å². The number of rotatable bonds is 6. The molecule has 30 heavy (non-hydrogen) atoms. The van der Waals surface area contributed by atoms with E-state index in [1.165, 1.54) is 6.42 Å². The van der Waals surface area contributed by atoms with Gasteiger partial charge in [-0.2, -0.15) is 0 Å². The average molecular weight is 445 g/mol. The molecule has 4 fully saturated rings. The molecule has 6 N–H and O–H groups in total. The number of halogens is 2. The minimum absolute atomic E-state index is 0.107. The van der Waals surface area contributed by atoms with E-state index in [9.17, 15) is 9.18 Å². The van der Waals surface area contributed by atoms with E-state index in [2.05, 4.69) is 33.1 Å². The zero-order chi connectivity index (χ0) is 21.3. The molecule has 0 aromatic heterocycles. The lowest BCUT2D eigenvalue weighted by atomic mass is 9.80. The number of carbonyl (C=O) groups excluding carboxylic acids is 1. The molecule has 1 saturated carbocycles. The predicted octanol–water partition coefficient (Wildman–Crippen LogP) is 0.200. The Kier molecular flexibility index (Phi) is 7.22. The fraction of sp³-hybridized carbons (Fsp3) is 0.952. The molecular weight excluding hydrogens is 407 g/mol. The Bertz CT molecular complexity index is 608. The van der Waals surface area contributed by atoms with Crippen LogP contribution in [0.3, 0.4) is 0 Å². The fourth-order valence-corrected chi connectivity index (χ4v) is 5.81. The number of nitrogens with zero attached hydrogens (tertiary/aromatic N) is 1. The standard InChI is InChI=1S/C21H38ClFN6O/c1-13-2-3-15(6-17(13)22)18-26-8-16(9-27-20(30)21(23)11-25-12-21)19(28-18)29-5-4-14(7-24)10-29/h13-19,25-26,28H,2-12,24H2,1H3,(H,27,30). The number of alkyl halides is 2. The summed E-state index contributed by atoms with van der Waals surface area (Å²) in [6.07, 6.45) is 4.83. The molecule has 7 atom stereocenters. The summed E-state index contributed by atoms with van der Waals surface area (Å²) in [4.78, 5) is 14.8. The van der Waals surface area contributed by atoms with E-state index in [-0.39, 0.29) is 36.7 Å². The maximum Gasteiger partial charge on any atom is 0.260 e. The first-order valence-electron chi connectivity index (χ1n) is 11.6. The number of amides is 1. The van der Waals surface area contributed by atoms with Crippen LogP contribution in [0, 0.1) is 23.7 Å². The van der Waals surface area contributed by atoms with Gasteiger partial charge < -0.3 is 21.7 Å². The minimum Gasteiger partial charge on any atom is -0.353 e. The number of likely N-dealkylation sites (tertiary alicyclic amines) is 1. The zero-order valence-electron chi connectivity index (χ0n) is 18.0. The molecule has 7 nitrogen and oxygen atoms in total. The van der Waals surface area contributed by atoms with Gasteiger partial charge in [0.2, 0.25) is 5.67 Å². The summed E-state index contributed by atoms with van der Waals surface area (Å²) in [6.45, 7) is 6.40. The first-order valence-corrected chi connectivity index (χ1v) is 12.1. The molecule has 9 heteroatoms. The lowest BCUT2D eigenvalue weighted by molar-refractivity contribution is -0.136. The number of nitrogens with one attached hydrogen (secondary N) is 4. The third-order valence-corrected chi connectivity index (χ3v) is 8.40. The normalized spacial score (nSPS) is 41.9. The van der Waals surface area contributed by atoms with Crippen molar-refractivity contribution in [2.24, 2.45) is 29.4 Å². The van der Waals surface area contributed by atoms with Gasteiger partial charge in [-0.15, -0.1) is 11.6 Å². The molecule has 0 aromatic carbocycles. The molecule has 172 valence electrons. The average Bonchev–Trinajstić information content (AvgIpc) is 3.21.